The maximum Gasteiger partial charge on any atom is 0.0327 e. The molecule has 1 saturated carbocycles. The van der Waals surface area contributed by atoms with E-state index in [1.807, 2.05) is 0 Å². The van der Waals surface area contributed by atoms with Crippen LogP contribution in [0.5, 0.6) is 0 Å². The van der Waals surface area contributed by atoms with Gasteiger partial charge in [0.15, 0.2) is 0 Å². The Labute approximate surface area is 131 Å². The van der Waals surface area contributed by atoms with Crippen molar-refractivity contribution in [2.24, 2.45) is 11.3 Å². The minimum Gasteiger partial charge on any atom is -0.307 e. The van der Waals surface area contributed by atoms with Crippen LogP contribution in [0.2, 0.25) is 0 Å². The molecule has 0 bridgehead atoms. The third-order valence-electron chi connectivity index (χ3n) is 4.87. The molecule has 0 heterocycles. The maximum absolute atomic E-state index is 4.03. The molecule has 3 unspecified atom stereocenters. The van der Waals surface area contributed by atoms with Gasteiger partial charge in [-0.2, -0.15) is 0 Å². The summed E-state index contributed by atoms with van der Waals surface area (Å²) in [4.78, 5) is 0. The van der Waals surface area contributed by atoms with E-state index < -0.39 is 0 Å². The number of hydrogen-bond acceptors (Lipinski definition) is 1. The summed E-state index contributed by atoms with van der Waals surface area (Å²) in [5.74, 6) is 0.866. The first-order valence-electron chi connectivity index (χ1n) is 8.80. The molecule has 0 spiro atoms. The Morgan fingerprint density at radius 3 is 2.38 bits per heavy atom. The normalized spacial score (nSPS) is 24.8. The predicted octanol–water partition coefficient (Wildman–Crippen LogP) is 5.72. The summed E-state index contributed by atoms with van der Waals surface area (Å²) >= 11 is 0. The minimum absolute atomic E-state index is 0.351. The summed E-state index contributed by atoms with van der Waals surface area (Å²) in [7, 11) is 0. The molecular formula is C20H33N. The largest absolute Gasteiger partial charge is 0.307 e. The van der Waals surface area contributed by atoms with E-state index in [2.05, 4.69) is 63.3 Å². The molecule has 1 aromatic rings. The molecule has 1 fully saturated rings. The molecule has 3 atom stereocenters. The highest BCUT2D eigenvalue weighted by Gasteiger charge is 2.28. The van der Waals surface area contributed by atoms with Gasteiger partial charge < -0.3 is 5.32 Å². The highest BCUT2D eigenvalue weighted by molar-refractivity contribution is 5.19. The Morgan fingerprint density at radius 2 is 1.76 bits per heavy atom. The summed E-state index contributed by atoms with van der Waals surface area (Å²) in [6.45, 7) is 9.40. The van der Waals surface area contributed by atoms with Crippen molar-refractivity contribution in [2.75, 3.05) is 0 Å². The van der Waals surface area contributed by atoms with E-state index in [0.717, 1.165) is 5.92 Å². The quantitative estimate of drug-likeness (QED) is 0.730. The topological polar surface area (TPSA) is 12.0 Å². The second-order valence-corrected chi connectivity index (χ2v) is 7.95. The van der Waals surface area contributed by atoms with Gasteiger partial charge in [-0.15, -0.1) is 0 Å². The summed E-state index contributed by atoms with van der Waals surface area (Å²) in [5.41, 5.74) is 1.80. The monoisotopic (exact) mass is 287 g/mol. The van der Waals surface area contributed by atoms with Gasteiger partial charge in [0.2, 0.25) is 0 Å². The molecule has 0 radical (unpaired) electrons. The number of benzene rings is 1. The van der Waals surface area contributed by atoms with Crippen LogP contribution >= 0.6 is 0 Å². The Balaban J connectivity index is 2.11. The zero-order valence-corrected chi connectivity index (χ0v) is 14.4. The highest BCUT2D eigenvalue weighted by Crippen LogP contribution is 2.33. The van der Waals surface area contributed by atoms with Crippen molar-refractivity contribution in [3.63, 3.8) is 0 Å². The van der Waals surface area contributed by atoms with E-state index in [0.29, 0.717) is 17.5 Å². The van der Waals surface area contributed by atoms with Crippen molar-refractivity contribution in [3.05, 3.63) is 35.9 Å². The molecule has 118 valence electrons. The summed E-state index contributed by atoms with van der Waals surface area (Å²) in [5, 5.41) is 4.03. The standard InChI is InChI=1S/C20H33N/c1-5-16-11-9-10-14-18(16)21-19(15-20(2,3)4)17-12-7-6-8-13-17/h6-8,12-13,16,18-19,21H,5,9-11,14-15H2,1-4H3. The fraction of sp³-hybridized carbons (Fsp3) is 0.700. The molecule has 0 amide bonds. The van der Waals surface area contributed by atoms with E-state index in [-0.39, 0.29) is 0 Å². The van der Waals surface area contributed by atoms with Crippen LogP contribution in [0.15, 0.2) is 30.3 Å². The van der Waals surface area contributed by atoms with Gasteiger partial charge in [-0.1, -0.05) is 77.3 Å². The van der Waals surface area contributed by atoms with Crippen molar-refractivity contribution in [1.82, 2.24) is 5.32 Å². The first kappa shape index (κ1) is 16.5. The van der Waals surface area contributed by atoms with Crippen molar-refractivity contribution >= 4 is 0 Å². The Morgan fingerprint density at radius 1 is 1.10 bits per heavy atom. The zero-order chi connectivity index (χ0) is 15.3. The van der Waals surface area contributed by atoms with Crippen LogP contribution in [0.4, 0.5) is 0 Å². The molecular weight excluding hydrogens is 254 g/mol. The van der Waals surface area contributed by atoms with E-state index in [9.17, 15) is 0 Å². The lowest BCUT2D eigenvalue weighted by atomic mass is 9.80. The molecule has 1 aliphatic carbocycles. The SMILES string of the molecule is CCC1CCCCC1NC(CC(C)(C)C)c1ccccc1. The molecule has 0 aromatic heterocycles. The van der Waals surface area contributed by atoms with E-state index in [1.54, 1.807) is 0 Å². The van der Waals surface area contributed by atoms with Crippen molar-refractivity contribution in [3.8, 4) is 0 Å². The second kappa shape index (κ2) is 7.45. The fourth-order valence-corrected chi connectivity index (χ4v) is 3.74. The van der Waals surface area contributed by atoms with Crippen LogP contribution in [0.1, 0.15) is 77.8 Å². The number of rotatable bonds is 5. The Hall–Kier alpha value is -0.820. The van der Waals surface area contributed by atoms with Crippen LogP contribution in [0, 0.1) is 11.3 Å². The van der Waals surface area contributed by atoms with E-state index in [4.69, 9.17) is 0 Å². The summed E-state index contributed by atoms with van der Waals surface area (Å²) in [6, 6.07) is 12.2. The number of nitrogens with one attached hydrogen (secondary N) is 1. The van der Waals surface area contributed by atoms with E-state index >= 15 is 0 Å². The summed E-state index contributed by atoms with van der Waals surface area (Å²) < 4.78 is 0. The lowest BCUT2D eigenvalue weighted by molar-refractivity contribution is 0.211. The Bertz CT molecular complexity index is 404. The van der Waals surface area contributed by atoms with Crippen LogP contribution in [0.3, 0.4) is 0 Å². The smallest absolute Gasteiger partial charge is 0.0327 e. The first-order chi connectivity index (χ1) is 9.99. The molecule has 2 rings (SSSR count). The lowest BCUT2D eigenvalue weighted by Crippen LogP contribution is -2.41. The van der Waals surface area contributed by atoms with E-state index in [1.165, 1.54) is 44.1 Å². The Kier molecular flexibility index (Phi) is 5.87. The maximum atomic E-state index is 4.03. The van der Waals surface area contributed by atoms with Crippen molar-refractivity contribution in [2.45, 2.75) is 78.3 Å². The van der Waals surface area contributed by atoms with Gasteiger partial charge in [-0.05, 0) is 36.2 Å². The third kappa shape index (κ3) is 5.14. The molecule has 1 aliphatic rings. The average Bonchev–Trinajstić information content (AvgIpc) is 2.47. The van der Waals surface area contributed by atoms with Crippen LogP contribution < -0.4 is 5.32 Å². The molecule has 1 aromatic carbocycles. The molecule has 1 N–H and O–H groups in total. The molecule has 1 heteroatoms. The molecule has 1 nitrogen and oxygen atoms in total. The minimum atomic E-state index is 0.351. The second-order valence-electron chi connectivity index (χ2n) is 7.95. The lowest BCUT2D eigenvalue weighted by Gasteiger charge is -2.37. The van der Waals surface area contributed by atoms with Gasteiger partial charge in [0, 0.05) is 12.1 Å². The molecule has 0 saturated heterocycles. The van der Waals surface area contributed by atoms with Gasteiger partial charge in [-0.3, -0.25) is 0 Å². The van der Waals surface area contributed by atoms with Crippen LogP contribution in [-0.2, 0) is 0 Å². The molecule has 0 aliphatic heterocycles. The highest BCUT2D eigenvalue weighted by atomic mass is 15.0. The zero-order valence-electron chi connectivity index (χ0n) is 14.4. The fourth-order valence-electron chi connectivity index (χ4n) is 3.74. The van der Waals surface area contributed by atoms with Gasteiger partial charge in [0.25, 0.3) is 0 Å². The van der Waals surface area contributed by atoms with Crippen molar-refractivity contribution < 1.29 is 0 Å². The van der Waals surface area contributed by atoms with Crippen LogP contribution in [-0.4, -0.2) is 6.04 Å². The average molecular weight is 287 g/mol. The van der Waals surface area contributed by atoms with Crippen LogP contribution in [0.25, 0.3) is 0 Å². The summed E-state index contributed by atoms with van der Waals surface area (Å²) in [6.07, 6.45) is 8.09. The third-order valence-corrected chi connectivity index (χ3v) is 4.87. The molecule has 21 heavy (non-hydrogen) atoms. The van der Waals surface area contributed by atoms with Crippen molar-refractivity contribution in [1.29, 1.82) is 0 Å². The van der Waals surface area contributed by atoms with Gasteiger partial charge in [0.1, 0.15) is 0 Å². The van der Waals surface area contributed by atoms with Gasteiger partial charge >= 0.3 is 0 Å². The number of hydrogen-bond donors (Lipinski definition) is 1. The first-order valence-corrected chi connectivity index (χ1v) is 8.80. The van der Waals surface area contributed by atoms with Gasteiger partial charge in [-0.25, -0.2) is 0 Å². The van der Waals surface area contributed by atoms with Gasteiger partial charge in [0.05, 0.1) is 0 Å². The predicted molar refractivity (Wildman–Crippen MR) is 92.4 cm³/mol.